The van der Waals surface area contributed by atoms with Crippen LogP contribution < -0.4 is 5.73 Å². The fourth-order valence-electron chi connectivity index (χ4n) is 2.46. The van der Waals surface area contributed by atoms with Crippen molar-refractivity contribution in [3.63, 3.8) is 0 Å². The van der Waals surface area contributed by atoms with Crippen molar-refractivity contribution in [2.75, 3.05) is 13.1 Å². The van der Waals surface area contributed by atoms with Gasteiger partial charge in [-0.2, -0.15) is 0 Å². The van der Waals surface area contributed by atoms with Crippen LogP contribution in [0.3, 0.4) is 0 Å². The summed E-state index contributed by atoms with van der Waals surface area (Å²) in [5, 5.41) is 11.7. The van der Waals surface area contributed by atoms with Crippen LogP contribution in [0.25, 0.3) is 0 Å². The van der Waals surface area contributed by atoms with Crippen molar-refractivity contribution in [2.24, 2.45) is 16.8 Å². The smallest absolute Gasteiger partial charge is 0.227 e. The van der Waals surface area contributed by atoms with E-state index in [0.717, 1.165) is 25.0 Å². The molecule has 1 aromatic rings. The normalized spacial score (nSPS) is 19.6. The van der Waals surface area contributed by atoms with E-state index in [1.807, 2.05) is 0 Å². The molecule has 1 amide bonds. The van der Waals surface area contributed by atoms with E-state index >= 15 is 0 Å². The number of hydrogen-bond acceptors (Lipinski definition) is 3. The van der Waals surface area contributed by atoms with Crippen LogP contribution >= 0.6 is 0 Å². The average Bonchev–Trinajstić information content (AvgIpc) is 2.50. The maximum absolute atomic E-state index is 13.1. The number of oxime groups is 1. The molecule has 0 aliphatic carbocycles. The summed E-state index contributed by atoms with van der Waals surface area (Å²) in [5.74, 6) is -2.14. The Bertz CT molecular complexity index is 563. The average molecular weight is 297 g/mol. The summed E-state index contributed by atoms with van der Waals surface area (Å²) in [7, 11) is 0. The van der Waals surface area contributed by atoms with E-state index in [4.69, 9.17) is 10.9 Å². The molecule has 1 aliphatic heterocycles. The van der Waals surface area contributed by atoms with Gasteiger partial charge >= 0.3 is 0 Å². The maximum atomic E-state index is 13.1. The summed E-state index contributed by atoms with van der Waals surface area (Å²) in [6, 6.07) is 3.42. The van der Waals surface area contributed by atoms with Gasteiger partial charge in [-0.3, -0.25) is 4.79 Å². The van der Waals surface area contributed by atoms with Crippen molar-refractivity contribution in [3.8, 4) is 0 Å². The molecular weight excluding hydrogens is 280 g/mol. The summed E-state index contributed by atoms with van der Waals surface area (Å²) in [4.78, 5) is 13.8. The zero-order valence-electron chi connectivity index (χ0n) is 11.4. The van der Waals surface area contributed by atoms with Gasteiger partial charge in [-0.25, -0.2) is 8.78 Å². The zero-order valence-corrected chi connectivity index (χ0v) is 11.4. The number of piperidine rings is 1. The Kier molecular flexibility index (Phi) is 4.72. The third kappa shape index (κ3) is 3.68. The lowest BCUT2D eigenvalue weighted by molar-refractivity contribution is -0.131. The molecule has 1 heterocycles. The van der Waals surface area contributed by atoms with E-state index in [2.05, 4.69) is 5.16 Å². The Morgan fingerprint density at radius 3 is 2.86 bits per heavy atom. The molecule has 1 fully saturated rings. The molecule has 1 unspecified atom stereocenters. The molecule has 1 aromatic carbocycles. The van der Waals surface area contributed by atoms with E-state index < -0.39 is 11.6 Å². The molecular formula is C14H17F2N3O2. The van der Waals surface area contributed by atoms with Gasteiger partial charge in [-0.15, -0.1) is 0 Å². The largest absolute Gasteiger partial charge is 0.409 e. The molecule has 1 saturated heterocycles. The van der Waals surface area contributed by atoms with Crippen LogP contribution in [0, 0.1) is 17.6 Å². The number of nitrogens with two attached hydrogens (primary N) is 1. The first kappa shape index (κ1) is 15.2. The molecule has 0 radical (unpaired) electrons. The van der Waals surface area contributed by atoms with Gasteiger partial charge < -0.3 is 15.8 Å². The van der Waals surface area contributed by atoms with E-state index in [-0.39, 0.29) is 24.1 Å². The molecule has 7 heteroatoms. The number of rotatable bonds is 3. The Morgan fingerprint density at radius 1 is 1.43 bits per heavy atom. The standard InChI is InChI=1S/C14H17F2N3O2/c15-11-4-3-9(6-12(11)16)7-13(20)19-5-1-2-10(8-19)14(17)18-21/h3-4,6,10,21H,1-2,5,7-8H2,(H2,17,18). The highest BCUT2D eigenvalue weighted by Gasteiger charge is 2.26. The molecule has 21 heavy (non-hydrogen) atoms. The van der Waals surface area contributed by atoms with Crippen molar-refractivity contribution in [3.05, 3.63) is 35.4 Å². The Hall–Kier alpha value is -2.18. The number of likely N-dealkylation sites (tertiary alicyclic amines) is 1. The lowest BCUT2D eigenvalue weighted by Crippen LogP contribution is -2.44. The van der Waals surface area contributed by atoms with Crippen molar-refractivity contribution in [1.29, 1.82) is 0 Å². The van der Waals surface area contributed by atoms with Gasteiger partial charge in [0.15, 0.2) is 11.6 Å². The van der Waals surface area contributed by atoms with Gasteiger partial charge in [-0.05, 0) is 30.5 Å². The highest BCUT2D eigenvalue weighted by atomic mass is 19.2. The summed E-state index contributed by atoms with van der Waals surface area (Å²) in [6.45, 7) is 0.954. The van der Waals surface area contributed by atoms with Gasteiger partial charge in [-0.1, -0.05) is 11.2 Å². The monoisotopic (exact) mass is 297 g/mol. The van der Waals surface area contributed by atoms with Crippen LogP contribution in [0.2, 0.25) is 0 Å². The first-order valence-corrected chi connectivity index (χ1v) is 6.70. The van der Waals surface area contributed by atoms with E-state index in [1.54, 1.807) is 4.90 Å². The summed E-state index contributed by atoms with van der Waals surface area (Å²) in [6.07, 6.45) is 1.51. The van der Waals surface area contributed by atoms with Crippen LogP contribution in [-0.4, -0.2) is 34.9 Å². The van der Waals surface area contributed by atoms with Crippen molar-refractivity contribution >= 4 is 11.7 Å². The molecule has 2 rings (SSSR count). The minimum Gasteiger partial charge on any atom is -0.409 e. The predicted octanol–water partition coefficient (Wildman–Crippen LogP) is 1.49. The first-order valence-electron chi connectivity index (χ1n) is 6.70. The fourth-order valence-corrected chi connectivity index (χ4v) is 2.46. The number of hydrogen-bond donors (Lipinski definition) is 2. The summed E-state index contributed by atoms with van der Waals surface area (Å²) >= 11 is 0. The first-order chi connectivity index (χ1) is 10.0. The van der Waals surface area contributed by atoms with Crippen LogP contribution in [0.5, 0.6) is 0 Å². The molecule has 0 spiro atoms. The Balaban J connectivity index is 2.01. The van der Waals surface area contributed by atoms with Gasteiger partial charge in [0.25, 0.3) is 0 Å². The second-order valence-corrected chi connectivity index (χ2v) is 5.13. The molecule has 0 aromatic heterocycles. The number of benzene rings is 1. The number of carbonyl (C=O) groups is 1. The number of amidine groups is 1. The van der Waals surface area contributed by atoms with Gasteiger partial charge in [0.1, 0.15) is 5.84 Å². The van der Waals surface area contributed by atoms with E-state index in [1.165, 1.54) is 6.07 Å². The van der Waals surface area contributed by atoms with Gasteiger partial charge in [0.05, 0.1) is 6.42 Å². The topological polar surface area (TPSA) is 78.9 Å². The number of carbonyl (C=O) groups excluding carboxylic acids is 1. The van der Waals surface area contributed by atoms with Crippen LogP contribution in [0.15, 0.2) is 23.4 Å². The fraction of sp³-hybridized carbons (Fsp3) is 0.429. The second-order valence-electron chi connectivity index (χ2n) is 5.13. The minimum absolute atomic E-state index is 0.0000919. The highest BCUT2D eigenvalue weighted by Crippen LogP contribution is 2.18. The number of halogens is 2. The number of amides is 1. The lowest BCUT2D eigenvalue weighted by Gasteiger charge is -2.32. The SMILES string of the molecule is N/C(=N/O)C1CCCN(C(=O)Cc2ccc(F)c(F)c2)C1. The van der Waals surface area contributed by atoms with Crippen LogP contribution in [0.4, 0.5) is 8.78 Å². The molecule has 3 N–H and O–H groups in total. The Labute approximate surface area is 121 Å². The van der Waals surface area contributed by atoms with Gasteiger partial charge in [0.2, 0.25) is 5.91 Å². The molecule has 0 saturated carbocycles. The Morgan fingerprint density at radius 2 is 2.19 bits per heavy atom. The minimum atomic E-state index is -0.964. The molecule has 0 bridgehead atoms. The molecule has 114 valence electrons. The molecule has 1 atom stereocenters. The highest BCUT2D eigenvalue weighted by molar-refractivity contribution is 5.84. The van der Waals surface area contributed by atoms with Crippen molar-refractivity contribution < 1.29 is 18.8 Å². The van der Waals surface area contributed by atoms with Gasteiger partial charge in [0, 0.05) is 19.0 Å². The zero-order chi connectivity index (χ0) is 15.4. The van der Waals surface area contributed by atoms with Crippen molar-refractivity contribution in [2.45, 2.75) is 19.3 Å². The number of nitrogens with zero attached hydrogens (tertiary/aromatic N) is 2. The van der Waals surface area contributed by atoms with E-state index in [0.29, 0.717) is 18.7 Å². The summed E-state index contributed by atoms with van der Waals surface area (Å²) in [5.41, 5.74) is 5.99. The van der Waals surface area contributed by atoms with E-state index in [9.17, 15) is 13.6 Å². The third-order valence-corrected chi connectivity index (χ3v) is 3.65. The predicted molar refractivity (Wildman–Crippen MR) is 72.8 cm³/mol. The second kappa shape index (κ2) is 6.51. The lowest BCUT2D eigenvalue weighted by atomic mass is 9.96. The molecule has 5 nitrogen and oxygen atoms in total. The van der Waals surface area contributed by atoms with Crippen molar-refractivity contribution in [1.82, 2.24) is 4.90 Å². The third-order valence-electron chi connectivity index (χ3n) is 3.65. The van der Waals surface area contributed by atoms with Crippen LogP contribution in [-0.2, 0) is 11.2 Å². The summed E-state index contributed by atoms with van der Waals surface area (Å²) < 4.78 is 26.0. The quantitative estimate of drug-likeness (QED) is 0.384. The maximum Gasteiger partial charge on any atom is 0.227 e. The van der Waals surface area contributed by atoms with Crippen LogP contribution in [0.1, 0.15) is 18.4 Å². The molecule has 1 aliphatic rings.